The molecule has 4 rings (SSSR count). The first kappa shape index (κ1) is 21.4. The number of fused-ring (bicyclic) bond motifs is 3. The highest BCUT2D eigenvalue weighted by molar-refractivity contribution is 7.99. The van der Waals surface area contributed by atoms with E-state index in [1.54, 1.807) is 7.11 Å². The Morgan fingerprint density at radius 3 is 2.69 bits per heavy atom. The van der Waals surface area contributed by atoms with Crippen LogP contribution in [-0.4, -0.2) is 45.4 Å². The van der Waals surface area contributed by atoms with E-state index in [1.165, 1.54) is 37.1 Å². The van der Waals surface area contributed by atoms with E-state index in [0.717, 1.165) is 16.5 Å². The smallest absolute Gasteiger partial charge is 0.273 e. The normalized spacial score (nSPS) is 11.0. The topological polar surface area (TPSA) is 121 Å². The summed E-state index contributed by atoms with van der Waals surface area (Å²) in [6.45, 7) is 1.95. The number of aromatic nitrogens is 3. The average Bonchev–Trinajstić information content (AvgIpc) is 3.22. The van der Waals surface area contributed by atoms with Gasteiger partial charge in [-0.1, -0.05) is 11.8 Å². The molecule has 164 valence electrons. The second kappa shape index (κ2) is 8.71. The van der Waals surface area contributed by atoms with Crippen molar-refractivity contribution < 1.29 is 19.2 Å². The number of rotatable bonds is 7. The third-order valence-corrected chi connectivity index (χ3v) is 5.77. The summed E-state index contributed by atoms with van der Waals surface area (Å²) in [5.74, 6) is 0.656. The van der Waals surface area contributed by atoms with Crippen LogP contribution in [0.4, 0.5) is 11.4 Å². The average molecular weight is 453 g/mol. The van der Waals surface area contributed by atoms with Crippen molar-refractivity contribution in [1.29, 1.82) is 0 Å². The molecule has 0 aliphatic rings. The lowest BCUT2D eigenvalue weighted by atomic mass is 10.1. The van der Waals surface area contributed by atoms with Crippen LogP contribution in [0.1, 0.15) is 5.56 Å². The summed E-state index contributed by atoms with van der Waals surface area (Å²) in [5, 5.41) is 23.8. The number of hydrogen-bond acceptors (Lipinski definition) is 8. The van der Waals surface area contributed by atoms with E-state index in [0.29, 0.717) is 22.2 Å². The van der Waals surface area contributed by atoms with Crippen LogP contribution in [0.2, 0.25) is 0 Å². The molecule has 0 saturated heterocycles. The van der Waals surface area contributed by atoms with E-state index in [-0.39, 0.29) is 23.1 Å². The predicted octanol–water partition coefficient (Wildman–Crippen LogP) is 3.85. The molecule has 1 N–H and O–H groups in total. The number of nitrogens with zero attached hydrogens (tertiary/aromatic N) is 4. The zero-order chi connectivity index (χ0) is 22.8. The maximum Gasteiger partial charge on any atom is 0.273 e. The molecule has 10 nitrogen and oxygen atoms in total. The lowest BCUT2D eigenvalue weighted by Gasteiger charge is -2.10. The summed E-state index contributed by atoms with van der Waals surface area (Å²) in [4.78, 5) is 23.0. The van der Waals surface area contributed by atoms with E-state index in [1.807, 2.05) is 35.6 Å². The van der Waals surface area contributed by atoms with Crippen LogP contribution >= 0.6 is 11.8 Å². The number of nitro benzene ring substituents is 1. The number of amides is 1. The number of non-ortho nitro benzene ring substituents is 1. The van der Waals surface area contributed by atoms with Gasteiger partial charge in [0, 0.05) is 12.1 Å². The van der Waals surface area contributed by atoms with Gasteiger partial charge in [0.25, 0.3) is 5.69 Å². The Kier molecular flexibility index (Phi) is 5.82. The van der Waals surface area contributed by atoms with Crippen LogP contribution in [0.3, 0.4) is 0 Å². The molecule has 0 bridgehead atoms. The molecule has 32 heavy (non-hydrogen) atoms. The summed E-state index contributed by atoms with van der Waals surface area (Å²) in [6, 6.07) is 11.8. The molecule has 0 spiro atoms. The predicted molar refractivity (Wildman–Crippen MR) is 121 cm³/mol. The van der Waals surface area contributed by atoms with E-state index < -0.39 is 4.92 Å². The van der Waals surface area contributed by atoms with Crippen molar-refractivity contribution in [2.45, 2.75) is 12.1 Å². The lowest BCUT2D eigenvalue weighted by molar-refractivity contribution is -0.384. The van der Waals surface area contributed by atoms with Crippen molar-refractivity contribution in [3.63, 3.8) is 0 Å². The molecule has 11 heteroatoms. The maximum atomic E-state index is 12.6. The van der Waals surface area contributed by atoms with Gasteiger partial charge in [0.05, 0.1) is 42.2 Å². The Labute approximate surface area is 186 Å². The molecular weight excluding hydrogens is 434 g/mol. The fourth-order valence-corrected chi connectivity index (χ4v) is 4.06. The zero-order valence-corrected chi connectivity index (χ0v) is 18.3. The number of carbonyl (C=O) groups is 1. The van der Waals surface area contributed by atoms with Crippen LogP contribution in [0.5, 0.6) is 11.5 Å². The SMILES string of the molecule is COc1ccc2cc(C)c3nnc(SCC(=O)Nc4ccc([N+](=O)[O-])cc4OC)n3c2c1. The second-order valence-electron chi connectivity index (χ2n) is 6.87. The van der Waals surface area contributed by atoms with Crippen molar-refractivity contribution in [2.24, 2.45) is 0 Å². The highest BCUT2D eigenvalue weighted by Crippen LogP contribution is 2.30. The van der Waals surface area contributed by atoms with Crippen molar-refractivity contribution >= 4 is 45.6 Å². The highest BCUT2D eigenvalue weighted by Gasteiger charge is 2.16. The van der Waals surface area contributed by atoms with Crippen LogP contribution in [0, 0.1) is 17.0 Å². The minimum absolute atomic E-state index is 0.0559. The summed E-state index contributed by atoms with van der Waals surface area (Å²) < 4.78 is 12.4. The van der Waals surface area contributed by atoms with E-state index >= 15 is 0 Å². The summed E-state index contributed by atoms with van der Waals surface area (Å²) >= 11 is 1.23. The Morgan fingerprint density at radius 2 is 1.97 bits per heavy atom. The third kappa shape index (κ3) is 4.02. The molecule has 2 aromatic heterocycles. The first-order chi connectivity index (χ1) is 15.4. The Balaban J connectivity index is 1.58. The van der Waals surface area contributed by atoms with Gasteiger partial charge in [-0.25, -0.2) is 0 Å². The largest absolute Gasteiger partial charge is 0.497 e. The number of hydrogen-bond donors (Lipinski definition) is 1. The fourth-order valence-electron chi connectivity index (χ4n) is 3.31. The molecule has 2 aromatic carbocycles. The number of nitrogens with one attached hydrogen (secondary N) is 1. The van der Waals surface area contributed by atoms with Crippen LogP contribution in [0.15, 0.2) is 47.6 Å². The Bertz CT molecular complexity index is 1350. The number of nitro groups is 1. The van der Waals surface area contributed by atoms with Crippen molar-refractivity contribution in [3.05, 3.63) is 58.1 Å². The number of aryl methyl sites for hydroxylation is 1. The molecule has 0 atom stereocenters. The molecule has 0 aliphatic heterocycles. The fraction of sp³-hybridized carbons (Fsp3) is 0.190. The van der Waals surface area contributed by atoms with Gasteiger partial charge >= 0.3 is 0 Å². The number of carbonyl (C=O) groups excluding carboxylic acids is 1. The number of benzene rings is 2. The van der Waals surface area contributed by atoms with E-state index in [4.69, 9.17) is 9.47 Å². The third-order valence-electron chi connectivity index (χ3n) is 4.84. The molecule has 4 aromatic rings. The second-order valence-corrected chi connectivity index (χ2v) is 7.81. The van der Waals surface area contributed by atoms with Crippen molar-refractivity contribution in [2.75, 3.05) is 25.3 Å². The highest BCUT2D eigenvalue weighted by atomic mass is 32.2. The van der Waals surface area contributed by atoms with Crippen molar-refractivity contribution in [1.82, 2.24) is 14.6 Å². The first-order valence-corrected chi connectivity index (χ1v) is 10.5. The standard InChI is InChI=1S/C21H19N5O5S/c1-12-8-13-4-6-15(30-2)10-17(13)25-20(12)23-24-21(25)32-11-19(27)22-16-7-5-14(26(28)29)9-18(16)31-3/h4-10H,11H2,1-3H3,(H,22,27). The van der Waals surface area contributed by atoms with Gasteiger partial charge in [-0.3, -0.25) is 19.3 Å². The summed E-state index contributed by atoms with van der Waals surface area (Å²) in [7, 11) is 2.98. The molecule has 0 radical (unpaired) electrons. The monoisotopic (exact) mass is 453 g/mol. The summed E-state index contributed by atoms with van der Waals surface area (Å²) in [6.07, 6.45) is 0. The number of ether oxygens (including phenoxy) is 2. The minimum Gasteiger partial charge on any atom is -0.497 e. The Hall–Kier alpha value is -3.86. The van der Waals surface area contributed by atoms with Crippen LogP contribution < -0.4 is 14.8 Å². The van der Waals surface area contributed by atoms with E-state index in [9.17, 15) is 14.9 Å². The number of thioether (sulfide) groups is 1. The summed E-state index contributed by atoms with van der Waals surface area (Å²) in [5.41, 5.74) is 2.75. The maximum absolute atomic E-state index is 12.6. The van der Waals surface area contributed by atoms with E-state index in [2.05, 4.69) is 15.5 Å². The number of anilines is 1. The van der Waals surface area contributed by atoms with Crippen molar-refractivity contribution in [3.8, 4) is 11.5 Å². The van der Waals surface area contributed by atoms with Gasteiger partial charge in [0.2, 0.25) is 5.91 Å². The number of methoxy groups -OCH3 is 2. The molecule has 0 unspecified atom stereocenters. The zero-order valence-electron chi connectivity index (χ0n) is 17.5. The van der Waals surface area contributed by atoms with Crippen LogP contribution in [0.25, 0.3) is 16.6 Å². The van der Waals surface area contributed by atoms with Gasteiger partial charge in [-0.15, -0.1) is 10.2 Å². The number of pyridine rings is 1. The molecule has 0 fully saturated rings. The first-order valence-electron chi connectivity index (χ1n) is 9.49. The lowest BCUT2D eigenvalue weighted by Crippen LogP contribution is -2.15. The van der Waals surface area contributed by atoms with Crippen LogP contribution in [-0.2, 0) is 4.79 Å². The molecule has 1 amide bonds. The van der Waals surface area contributed by atoms with Gasteiger partial charge in [-0.2, -0.15) is 0 Å². The van der Waals surface area contributed by atoms with Gasteiger partial charge in [0.1, 0.15) is 11.5 Å². The Morgan fingerprint density at radius 1 is 1.16 bits per heavy atom. The van der Waals surface area contributed by atoms with Gasteiger partial charge in [0.15, 0.2) is 10.8 Å². The minimum atomic E-state index is -0.526. The molecule has 0 aliphatic carbocycles. The molecule has 0 saturated carbocycles. The molecular formula is C21H19N5O5S. The van der Waals surface area contributed by atoms with Gasteiger partial charge < -0.3 is 14.8 Å². The quantitative estimate of drug-likeness (QED) is 0.254. The van der Waals surface area contributed by atoms with Gasteiger partial charge in [-0.05, 0) is 42.1 Å². The molecule has 2 heterocycles.